The molecule has 1 aromatic heterocycles. The summed E-state index contributed by atoms with van der Waals surface area (Å²) in [6.07, 6.45) is 3.54. The first-order valence-corrected chi connectivity index (χ1v) is 9.45. The molecule has 1 N–H and O–H groups in total. The molecular weight excluding hydrogens is 414 g/mol. The first kappa shape index (κ1) is 22.9. The molecule has 29 heavy (non-hydrogen) atoms. The minimum Gasteiger partial charge on any atom is -1.00 e. The highest BCUT2D eigenvalue weighted by atomic mass is 35.5. The summed E-state index contributed by atoms with van der Waals surface area (Å²) in [6, 6.07) is 13.9. The summed E-state index contributed by atoms with van der Waals surface area (Å²) in [5, 5.41) is 3.86. The Kier molecular flexibility index (Phi) is 9.19. The molecule has 2 aromatic carbocycles. The van der Waals surface area contributed by atoms with Crippen molar-refractivity contribution in [2.24, 2.45) is 0 Å². The fourth-order valence-electron chi connectivity index (χ4n) is 2.71. The highest BCUT2D eigenvalue weighted by Crippen LogP contribution is 2.37. The zero-order valence-corrected chi connectivity index (χ0v) is 17.5. The van der Waals surface area contributed by atoms with Crippen molar-refractivity contribution in [1.82, 2.24) is 10.3 Å². The van der Waals surface area contributed by atoms with Gasteiger partial charge in [-0.3, -0.25) is 4.98 Å². The monoisotopic (exact) mass is 435 g/mol. The molecule has 7 heteroatoms. The van der Waals surface area contributed by atoms with Gasteiger partial charge in [-0.25, -0.2) is 4.39 Å². The molecule has 3 rings (SSSR count). The summed E-state index contributed by atoms with van der Waals surface area (Å²) in [4.78, 5) is 4.01. The van der Waals surface area contributed by atoms with Crippen molar-refractivity contribution in [3.05, 3.63) is 88.5 Å². The van der Waals surface area contributed by atoms with Crippen molar-refractivity contribution >= 4 is 11.6 Å². The lowest BCUT2D eigenvalue weighted by Crippen LogP contribution is -3.00. The minimum absolute atomic E-state index is 0. The second-order valence-corrected chi connectivity index (χ2v) is 6.62. The predicted octanol–water partition coefficient (Wildman–Crippen LogP) is 2.15. The van der Waals surface area contributed by atoms with Gasteiger partial charge in [-0.15, -0.1) is 0 Å². The topological polar surface area (TPSA) is 43.4 Å². The van der Waals surface area contributed by atoms with E-state index in [1.54, 1.807) is 24.5 Å². The Balaban J connectivity index is 0.00000300. The highest BCUT2D eigenvalue weighted by molar-refractivity contribution is 6.32. The molecule has 0 spiro atoms. The molecule has 154 valence electrons. The Hall–Kier alpha value is -2.34. The Labute approximate surface area is 181 Å². The summed E-state index contributed by atoms with van der Waals surface area (Å²) < 4.78 is 24.6. The number of hydrogen-bond donors (Lipinski definition) is 1. The molecule has 0 bridgehead atoms. The molecule has 0 aliphatic rings. The van der Waals surface area contributed by atoms with Crippen LogP contribution in [-0.2, 0) is 19.7 Å². The van der Waals surface area contributed by atoms with Crippen LogP contribution in [0.3, 0.4) is 0 Å². The van der Waals surface area contributed by atoms with Crippen LogP contribution in [-0.4, -0.2) is 11.6 Å². The molecule has 0 atom stereocenters. The summed E-state index contributed by atoms with van der Waals surface area (Å²) in [7, 11) is 0. The third-order valence-electron chi connectivity index (χ3n) is 4.07. The van der Waals surface area contributed by atoms with E-state index in [1.807, 2.05) is 31.2 Å². The standard InChI is InChI=1S/C22H22ClFN2O2.ClH/c1-2-27-21-12-18(14-26-13-16-7-9-25-10-8-16)11-20(23)22(21)28-15-17-3-5-19(24)6-4-17;/h3-12,26H,2,13-15H2,1H3;1H/p-1. The van der Waals surface area contributed by atoms with Gasteiger partial charge >= 0.3 is 0 Å². The van der Waals surface area contributed by atoms with E-state index in [1.165, 1.54) is 12.1 Å². The Bertz CT molecular complexity index is 893. The number of nitrogens with one attached hydrogen (secondary N) is 1. The lowest BCUT2D eigenvalue weighted by molar-refractivity contribution is -0.00000705. The van der Waals surface area contributed by atoms with Crippen LogP contribution in [0, 0.1) is 5.82 Å². The molecule has 0 saturated carbocycles. The molecule has 0 aliphatic carbocycles. The molecule has 0 fully saturated rings. The van der Waals surface area contributed by atoms with Crippen LogP contribution in [0.25, 0.3) is 0 Å². The van der Waals surface area contributed by atoms with Gasteiger partial charge in [0.15, 0.2) is 11.5 Å². The first-order valence-electron chi connectivity index (χ1n) is 9.07. The van der Waals surface area contributed by atoms with Gasteiger partial charge in [0.1, 0.15) is 12.4 Å². The van der Waals surface area contributed by atoms with Gasteiger partial charge in [0.2, 0.25) is 0 Å². The molecule has 1 heterocycles. The molecule has 0 aliphatic heterocycles. The van der Waals surface area contributed by atoms with Gasteiger partial charge in [0.25, 0.3) is 0 Å². The Morgan fingerprint density at radius 1 is 0.931 bits per heavy atom. The zero-order valence-electron chi connectivity index (χ0n) is 16.0. The lowest BCUT2D eigenvalue weighted by Gasteiger charge is -2.16. The van der Waals surface area contributed by atoms with Crippen molar-refractivity contribution in [1.29, 1.82) is 0 Å². The van der Waals surface area contributed by atoms with Crippen LogP contribution >= 0.6 is 11.6 Å². The van der Waals surface area contributed by atoms with E-state index in [0.29, 0.717) is 29.7 Å². The minimum atomic E-state index is -0.277. The quantitative estimate of drug-likeness (QED) is 0.559. The smallest absolute Gasteiger partial charge is 0.180 e. The summed E-state index contributed by atoms with van der Waals surface area (Å²) in [6.45, 7) is 4.05. The van der Waals surface area contributed by atoms with Gasteiger partial charge in [-0.05, 0) is 60.0 Å². The number of halogens is 3. The predicted molar refractivity (Wildman–Crippen MR) is 108 cm³/mol. The third kappa shape index (κ3) is 6.89. The number of benzene rings is 2. The number of ether oxygens (including phenoxy) is 2. The number of aromatic nitrogens is 1. The molecule has 4 nitrogen and oxygen atoms in total. The van der Waals surface area contributed by atoms with Crippen molar-refractivity contribution in [2.75, 3.05) is 6.61 Å². The van der Waals surface area contributed by atoms with E-state index in [2.05, 4.69) is 10.3 Å². The normalized spacial score (nSPS) is 10.3. The van der Waals surface area contributed by atoms with Crippen LogP contribution in [0.1, 0.15) is 23.6 Å². The number of pyridine rings is 1. The number of nitrogens with zero attached hydrogens (tertiary/aromatic N) is 1. The summed E-state index contributed by atoms with van der Waals surface area (Å²) >= 11 is 6.46. The molecule has 0 amide bonds. The van der Waals surface area contributed by atoms with Gasteiger partial charge < -0.3 is 27.2 Å². The van der Waals surface area contributed by atoms with Crippen LogP contribution in [0.15, 0.2) is 60.9 Å². The van der Waals surface area contributed by atoms with Crippen LogP contribution in [0.5, 0.6) is 11.5 Å². The average Bonchev–Trinajstić information content (AvgIpc) is 2.70. The molecule has 0 radical (unpaired) electrons. The fourth-order valence-corrected chi connectivity index (χ4v) is 3.00. The second kappa shape index (κ2) is 11.6. The second-order valence-electron chi connectivity index (χ2n) is 6.21. The average molecular weight is 436 g/mol. The molecule has 0 saturated heterocycles. The van der Waals surface area contributed by atoms with Gasteiger partial charge in [-0.2, -0.15) is 0 Å². The Morgan fingerprint density at radius 3 is 2.31 bits per heavy atom. The van der Waals surface area contributed by atoms with Crippen molar-refractivity contribution in [3.8, 4) is 11.5 Å². The van der Waals surface area contributed by atoms with Crippen LogP contribution in [0.4, 0.5) is 4.39 Å². The maximum Gasteiger partial charge on any atom is 0.180 e. The number of rotatable bonds is 9. The maximum absolute atomic E-state index is 13.0. The van der Waals surface area contributed by atoms with Crippen molar-refractivity contribution in [3.63, 3.8) is 0 Å². The van der Waals surface area contributed by atoms with E-state index >= 15 is 0 Å². The third-order valence-corrected chi connectivity index (χ3v) is 4.35. The largest absolute Gasteiger partial charge is 1.00 e. The zero-order chi connectivity index (χ0) is 19.8. The van der Waals surface area contributed by atoms with Gasteiger partial charge in [0, 0.05) is 25.5 Å². The maximum atomic E-state index is 13.0. The highest BCUT2D eigenvalue weighted by Gasteiger charge is 2.13. The van der Waals surface area contributed by atoms with Crippen molar-refractivity contribution < 1.29 is 26.3 Å². The Morgan fingerprint density at radius 2 is 1.62 bits per heavy atom. The van der Waals surface area contributed by atoms with Crippen LogP contribution < -0.4 is 27.2 Å². The summed E-state index contributed by atoms with van der Waals surface area (Å²) in [5.74, 6) is 0.809. The van der Waals surface area contributed by atoms with E-state index < -0.39 is 0 Å². The summed E-state index contributed by atoms with van der Waals surface area (Å²) in [5.41, 5.74) is 3.00. The SMILES string of the molecule is CCOc1cc(CNCc2ccncc2)cc(Cl)c1OCc1ccc(F)cc1.[Cl-]. The van der Waals surface area contributed by atoms with Gasteiger partial charge in [-0.1, -0.05) is 23.7 Å². The van der Waals surface area contributed by atoms with E-state index in [4.69, 9.17) is 21.1 Å². The van der Waals surface area contributed by atoms with E-state index in [0.717, 1.165) is 23.2 Å². The van der Waals surface area contributed by atoms with Gasteiger partial charge in [0.05, 0.1) is 11.6 Å². The van der Waals surface area contributed by atoms with E-state index in [9.17, 15) is 4.39 Å². The fraction of sp³-hybridized carbons (Fsp3) is 0.227. The number of hydrogen-bond acceptors (Lipinski definition) is 4. The molecular formula is C22H22Cl2FN2O2-. The van der Waals surface area contributed by atoms with Crippen molar-refractivity contribution in [2.45, 2.75) is 26.6 Å². The first-order chi connectivity index (χ1) is 13.7. The molecule has 0 unspecified atom stereocenters. The lowest BCUT2D eigenvalue weighted by atomic mass is 10.2. The van der Waals surface area contributed by atoms with E-state index in [-0.39, 0.29) is 24.8 Å². The van der Waals surface area contributed by atoms with Crippen LogP contribution in [0.2, 0.25) is 5.02 Å². The molecule has 3 aromatic rings.